The summed E-state index contributed by atoms with van der Waals surface area (Å²) in [5, 5.41) is 32.5. The van der Waals surface area contributed by atoms with E-state index < -0.39 is 12.1 Å². The lowest BCUT2D eigenvalue weighted by atomic mass is 10.1. The minimum absolute atomic E-state index is 0.324. The Morgan fingerprint density at radius 2 is 1.31 bits per heavy atom. The number of rotatable bonds is 16. The van der Waals surface area contributed by atoms with Gasteiger partial charge in [0.15, 0.2) is 0 Å². The Kier molecular flexibility index (Phi) is 24.8. The lowest BCUT2D eigenvalue weighted by molar-refractivity contribution is -0.137. The van der Waals surface area contributed by atoms with E-state index in [2.05, 4.69) is 31.2 Å². The third kappa shape index (κ3) is 27.7. The van der Waals surface area contributed by atoms with Crippen molar-refractivity contribution in [1.82, 2.24) is 0 Å². The van der Waals surface area contributed by atoms with Crippen molar-refractivity contribution in [3.63, 3.8) is 0 Å². The van der Waals surface area contributed by atoms with Crippen molar-refractivity contribution in [3.05, 3.63) is 24.3 Å². The first-order valence-corrected chi connectivity index (χ1v) is 10.00. The molecule has 5 heteroatoms. The SMILES string of the molecule is CCCCC/C=C/C/C=C/CCCCCCCC(=O)O.OCC(O)CO. The van der Waals surface area contributed by atoms with Crippen LogP contribution in [0, 0.1) is 0 Å². The molecule has 0 rings (SSSR count). The lowest BCUT2D eigenvalue weighted by Crippen LogP contribution is -2.15. The van der Waals surface area contributed by atoms with Crippen LogP contribution < -0.4 is 0 Å². The third-order valence-electron chi connectivity index (χ3n) is 3.76. The average Bonchev–Trinajstić information content (AvgIpc) is 2.64. The van der Waals surface area contributed by atoms with E-state index in [1.54, 1.807) is 0 Å². The predicted octanol–water partition coefficient (Wildman–Crippen LogP) is 4.22. The number of aliphatic carboxylic acids is 1. The normalized spacial score (nSPS) is 11.3. The highest BCUT2D eigenvalue weighted by Crippen LogP contribution is 2.08. The number of aliphatic hydroxyl groups excluding tert-OH is 3. The Morgan fingerprint density at radius 3 is 1.77 bits per heavy atom. The van der Waals surface area contributed by atoms with E-state index in [1.165, 1.54) is 44.9 Å². The number of carbonyl (C=O) groups is 1. The number of unbranched alkanes of at least 4 members (excludes halogenated alkanes) is 8. The standard InChI is InChI=1S/C18H32O2.C3H8O3/c1-2-3-4-5-6-7-8-9-10-11-12-13-14-15-16-17-18(19)20;4-1-3(6)2-5/h6-7,9-10H,2-5,8,11-17H2,1H3,(H,19,20);3-6H,1-2H2/b7-6+,10-9+;. The van der Waals surface area contributed by atoms with Gasteiger partial charge in [0.2, 0.25) is 0 Å². The van der Waals surface area contributed by atoms with Gasteiger partial charge in [-0.15, -0.1) is 0 Å². The highest BCUT2D eigenvalue weighted by atomic mass is 16.4. The zero-order valence-corrected chi connectivity index (χ0v) is 16.5. The quantitative estimate of drug-likeness (QED) is 0.240. The Balaban J connectivity index is 0. The number of carboxylic acid groups (broad SMARTS) is 1. The van der Waals surface area contributed by atoms with Gasteiger partial charge in [-0.1, -0.05) is 63.3 Å². The number of hydrogen-bond acceptors (Lipinski definition) is 4. The van der Waals surface area contributed by atoms with E-state index in [9.17, 15) is 4.79 Å². The molecule has 5 nitrogen and oxygen atoms in total. The molecule has 0 amide bonds. The maximum absolute atomic E-state index is 10.3. The molecule has 0 aromatic carbocycles. The summed E-state index contributed by atoms with van der Waals surface area (Å²) >= 11 is 0. The van der Waals surface area contributed by atoms with Crippen LogP contribution in [0.1, 0.15) is 84.0 Å². The molecule has 26 heavy (non-hydrogen) atoms. The van der Waals surface area contributed by atoms with Crippen LogP contribution in [0.3, 0.4) is 0 Å². The van der Waals surface area contributed by atoms with Crippen LogP contribution in [0.5, 0.6) is 0 Å². The van der Waals surface area contributed by atoms with Crippen molar-refractivity contribution in [2.45, 2.75) is 90.1 Å². The molecule has 0 radical (unpaired) electrons. The van der Waals surface area contributed by atoms with E-state index in [4.69, 9.17) is 20.4 Å². The maximum atomic E-state index is 10.3. The first-order valence-electron chi connectivity index (χ1n) is 10.00. The first-order chi connectivity index (χ1) is 12.6. The summed E-state index contributed by atoms with van der Waals surface area (Å²) in [5.41, 5.74) is 0. The Bertz CT molecular complexity index is 335. The zero-order valence-electron chi connectivity index (χ0n) is 16.5. The predicted molar refractivity (Wildman–Crippen MR) is 107 cm³/mol. The van der Waals surface area contributed by atoms with E-state index >= 15 is 0 Å². The van der Waals surface area contributed by atoms with Crippen LogP contribution in [0.15, 0.2) is 24.3 Å². The molecule has 0 fully saturated rings. The number of allylic oxidation sites excluding steroid dienone is 4. The fourth-order valence-corrected chi connectivity index (χ4v) is 2.15. The number of hydrogen-bond donors (Lipinski definition) is 4. The molecule has 0 bridgehead atoms. The van der Waals surface area contributed by atoms with Crippen LogP contribution >= 0.6 is 0 Å². The highest BCUT2D eigenvalue weighted by Gasteiger charge is 1.95. The molecule has 0 aliphatic rings. The molecule has 4 N–H and O–H groups in total. The molecular formula is C21H40O5. The summed E-state index contributed by atoms with van der Waals surface area (Å²) in [6.07, 6.45) is 21.3. The van der Waals surface area contributed by atoms with Crippen molar-refractivity contribution >= 4 is 5.97 Å². The Morgan fingerprint density at radius 1 is 0.808 bits per heavy atom. The van der Waals surface area contributed by atoms with E-state index in [0.717, 1.165) is 25.7 Å². The second kappa shape index (κ2) is 23.8. The summed E-state index contributed by atoms with van der Waals surface area (Å²) in [6.45, 7) is 1.51. The van der Waals surface area contributed by atoms with Crippen LogP contribution in [0.4, 0.5) is 0 Å². The zero-order chi connectivity index (χ0) is 19.9. The van der Waals surface area contributed by atoms with Gasteiger partial charge in [0.05, 0.1) is 13.2 Å². The molecule has 0 spiro atoms. The smallest absolute Gasteiger partial charge is 0.303 e. The van der Waals surface area contributed by atoms with Crippen molar-refractivity contribution in [2.24, 2.45) is 0 Å². The monoisotopic (exact) mass is 372 g/mol. The van der Waals surface area contributed by atoms with Crippen LogP contribution in [0.2, 0.25) is 0 Å². The summed E-state index contributed by atoms with van der Waals surface area (Å²) in [5.74, 6) is -0.671. The molecule has 0 aliphatic heterocycles. The fourth-order valence-electron chi connectivity index (χ4n) is 2.15. The molecule has 0 atom stereocenters. The average molecular weight is 373 g/mol. The maximum Gasteiger partial charge on any atom is 0.303 e. The van der Waals surface area contributed by atoms with Gasteiger partial charge in [0.1, 0.15) is 6.10 Å². The summed E-state index contributed by atoms with van der Waals surface area (Å²) < 4.78 is 0. The minimum atomic E-state index is -0.954. The molecule has 0 unspecified atom stereocenters. The topological polar surface area (TPSA) is 98.0 Å². The molecule has 0 heterocycles. The van der Waals surface area contributed by atoms with Crippen molar-refractivity contribution < 1.29 is 25.2 Å². The summed E-state index contributed by atoms with van der Waals surface area (Å²) in [7, 11) is 0. The van der Waals surface area contributed by atoms with Crippen LogP contribution in [0.25, 0.3) is 0 Å². The van der Waals surface area contributed by atoms with Crippen molar-refractivity contribution in [3.8, 4) is 0 Å². The van der Waals surface area contributed by atoms with Gasteiger partial charge in [-0.25, -0.2) is 0 Å². The Labute approximate surface area is 159 Å². The van der Waals surface area contributed by atoms with Crippen molar-refractivity contribution in [1.29, 1.82) is 0 Å². The lowest BCUT2D eigenvalue weighted by Gasteiger charge is -1.98. The first kappa shape index (κ1) is 27.1. The molecule has 0 aromatic rings. The van der Waals surface area contributed by atoms with Crippen molar-refractivity contribution in [2.75, 3.05) is 13.2 Å². The summed E-state index contributed by atoms with van der Waals surface area (Å²) in [6, 6.07) is 0. The van der Waals surface area contributed by atoms with Gasteiger partial charge >= 0.3 is 5.97 Å². The second-order valence-electron chi connectivity index (χ2n) is 6.39. The van der Waals surface area contributed by atoms with Gasteiger partial charge < -0.3 is 20.4 Å². The molecule has 0 aliphatic carbocycles. The van der Waals surface area contributed by atoms with E-state index in [1.807, 2.05) is 0 Å². The Hall–Kier alpha value is -1.17. The second-order valence-corrected chi connectivity index (χ2v) is 6.39. The van der Waals surface area contributed by atoms with Gasteiger partial charge in [-0.3, -0.25) is 4.79 Å². The van der Waals surface area contributed by atoms with Gasteiger partial charge in [-0.2, -0.15) is 0 Å². The van der Waals surface area contributed by atoms with E-state index in [0.29, 0.717) is 6.42 Å². The molecule has 0 aromatic heterocycles. The fraction of sp³-hybridized carbons (Fsp3) is 0.762. The highest BCUT2D eigenvalue weighted by molar-refractivity contribution is 5.66. The number of carboxylic acids is 1. The minimum Gasteiger partial charge on any atom is -0.481 e. The van der Waals surface area contributed by atoms with E-state index in [-0.39, 0.29) is 13.2 Å². The largest absolute Gasteiger partial charge is 0.481 e. The molecule has 0 saturated carbocycles. The van der Waals surface area contributed by atoms with Gasteiger partial charge in [-0.05, 0) is 38.5 Å². The van der Waals surface area contributed by atoms with Crippen LogP contribution in [-0.4, -0.2) is 45.7 Å². The third-order valence-corrected chi connectivity index (χ3v) is 3.76. The molecular weight excluding hydrogens is 332 g/mol. The molecule has 0 saturated heterocycles. The van der Waals surface area contributed by atoms with Gasteiger partial charge in [0.25, 0.3) is 0 Å². The van der Waals surface area contributed by atoms with Gasteiger partial charge in [0, 0.05) is 6.42 Å². The summed E-state index contributed by atoms with van der Waals surface area (Å²) in [4.78, 5) is 10.3. The van der Waals surface area contributed by atoms with Crippen LogP contribution in [-0.2, 0) is 4.79 Å². The molecule has 154 valence electrons. The number of aliphatic hydroxyl groups is 3.